The molecular weight excluding hydrogens is 216 g/mol. The lowest BCUT2D eigenvalue weighted by atomic mass is 10.1. The van der Waals surface area contributed by atoms with Crippen molar-refractivity contribution in [3.8, 4) is 0 Å². The van der Waals surface area contributed by atoms with Gasteiger partial charge in [0.25, 0.3) is 0 Å². The van der Waals surface area contributed by atoms with E-state index in [4.69, 9.17) is 4.74 Å². The van der Waals surface area contributed by atoms with Gasteiger partial charge in [0, 0.05) is 19.1 Å². The lowest BCUT2D eigenvalue weighted by Crippen LogP contribution is -2.50. The molecule has 4 nitrogen and oxygen atoms in total. The molecule has 0 aromatic heterocycles. The zero-order valence-corrected chi connectivity index (χ0v) is 10.4. The lowest BCUT2D eigenvalue weighted by Gasteiger charge is -2.27. The van der Waals surface area contributed by atoms with E-state index in [1.807, 2.05) is 6.92 Å². The third-order valence-electron chi connectivity index (χ3n) is 2.58. The minimum Gasteiger partial charge on any atom is -0.366 e. The monoisotopic (exact) mass is 236 g/mol. The fraction of sp³-hybridized carbons (Fsp3) is 0.900. The van der Waals surface area contributed by atoms with E-state index >= 15 is 0 Å². The van der Waals surface area contributed by atoms with Crippen LogP contribution in [0.2, 0.25) is 0 Å². The van der Waals surface area contributed by atoms with Crippen molar-refractivity contribution in [1.82, 2.24) is 10.6 Å². The van der Waals surface area contributed by atoms with Gasteiger partial charge in [-0.25, -0.2) is 0 Å². The molecule has 0 aliphatic carbocycles. The van der Waals surface area contributed by atoms with Crippen LogP contribution in [0.25, 0.3) is 0 Å². The van der Waals surface area contributed by atoms with E-state index in [9.17, 15) is 4.79 Å². The fourth-order valence-corrected chi connectivity index (χ4v) is 1.04. The number of ether oxygens (including phenoxy) is 1. The van der Waals surface area contributed by atoms with E-state index in [1.165, 1.54) is 0 Å². The van der Waals surface area contributed by atoms with E-state index < -0.39 is 0 Å². The molecule has 15 heavy (non-hydrogen) atoms. The number of hydrogen-bond acceptors (Lipinski definition) is 3. The molecule has 0 aromatic carbocycles. The average Bonchev–Trinajstić information content (AvgIpc) is 2.00. The Hall–Kier alpha value is -0.320. The second kappa shape index (κ2) is 7.04. The highest BCUT2D eigenvalue weighted by Gasteiger charge is 2.19. The molecule has 5 heteroatoms. The molecule has 2 N–H and O–H groups in total. The Balaban J connectivity index is 0.00000196. The summed E-state index contributed by atoms with van der Waals surface area (Å²) >= 11 is 0. The Morgan fingerprint density at radius 3 is 2.47 bits per heavy atom. The largest absolute Gasteiger partial charge is 0.366 e. The van der Waals surface area contributed by atoms with Crippen LogP contribution in [0.4, 0.5) is 0 Å². The molecule has 1 rings (SSSR count). The van der Waals surface area contributed by atoms with E-state index in [1.54, 1.807) is 0 Å². The number of hydrogen-bond donors (Lipinski definition) is 2. The van der Waals surface area contributed by atoms with Crippen molar-refractivity contribution in [3.63, 3.8) is 0 Å². The topological polar surface area (TPSA) is 50.4 Å². The fourth-order valence-electron chi connectivity index (χ4n) is 1.04. The molecule has 0 radical (unpaired) electrons. The van der Waals surface area contributed by atoms with Crippen molar-refractivity contribution in [3.05, 3.63) is 0 Å². The average molecular weight is 237 g/mol. The van der Waals surface area contributed by atoms with Crippen LogP contribution in [0, 0.1) is 5.92 Å². The predicted octanol–water partition coefficient (Wildman–Crippen LogP) is 0.557. The second-order valence-corrected chi connectivity index (χ2v) is 4.19. The first kappa shape index (κ1) is 14.7. The number of halogens is 1. The second-order valence-electron chi connectivity index (χ2n) is 4.19. The maximum absolute atomic E-state index is 11.3. The standard InChI is InChI=1S/C10H20N2O2.ClH/c1-7(2)8(3)12-10(13)6-14-9-4-11-5-9;/h7-9,11H,4-6H2,1-3H3,(H,12,13);1H. The van der Waals surface area contributed by atoms with Gasteiger partial charge in [0.1, 0.15) is 6.61 Å². The van der Waals surface area contributed by atoms with E-state index in [2.05, 4.69) is 24.5 Å². The molecule has 1 aliphatic heterocycles. The van der Waals surface area contributed by atoms with E-state index in [-0.39, 0.29) is 37.1 Å². The molecule has 1 heterocycles. The Labute approximate surface area is 97.5 Å². The highest BCUT2D eigenvalue weighted by molar-refractivity contribution is 5.85. The highest BCUT2D eigenvalue weighted by Crippen LogP contribution is 2.00. The maximum Gasteiger partial charge on any atom is 0.246 e. The predicted molar refractivity (Wildman–Crippen MR) is 62.3 cm³/mol. The van der Waals surface area contributed by atoms with Crippen LogP contribution in [-0.2, 0) is 9.53 Å². The van der Waals surface area contributed by atoms with Crippen molar-refractivity contribution in [2.24, 2.45) is 5.92 Å². The van der Waals surface area contributed by atoms with Gasteiger partial charge in [0.05, 0.1) is 6.10 Å². The van der Waals surface area contributed by atoms with Crippen LogP contribution < -0.4 is 10.6 Å². The maximum atomic E-state index is 11.3. The van der Waals surface area contributed by atoms with Gasteiger partial charge in [-0.3, -0.25) is 4.79 Å². The Kier molecular flexibility index (Phi) is 6.89. The lowest BCUT2D eigenvalue weighted by molar-refractivity contribution is -0.129. The van der Waals surface area contributed by atoms with Gasteiger partial charge in [0.15, 0.2) is 0 Å². The van der Waals surface area contributed by atoms with Crippen LogP contribution in [-0.4, -0.2) is 37.7 Å². The number of rotatable bonds is 5. The first-order valence-electron chi connectivity index (χ1n) is 5.21. The zero-order valence-electron chi connectivity index (χ0n) is 9.58. The van der Waals surface area contributed by atoms with E-state index in [0.29, 0.717) is 5.92 Å². The normalized spacial score (nSPS) is 17.9. The Bertz CT molecular complexity index is 196. The third kappa shape index (κ3) is 5.35. The molecule has 0 spiro atoms. The van der Waals surface area contributed by atoms with Crippen molar-refractivity contribution in [1.29, 1.82) is 0 Å². The first-order chi connectivity index (χ1) is 6.59. The molecule has 0 aromatic rings. The molecule has 0 bridgehead atoms. The molecule has 1 unspecified atom stereocenters. The van der Waals surface area contributed by atoms with Crippen LogP contribution in [0.1, 0.15) is 20.8 Å². The Morgan fingerprint density at radius 2 is 2.07 bits per heavy atom. The van der Waals surface area contributed by atoms with E-state index in [0.717, 1.165) is 13.1 Å². The van der Waals surface area contributed by atoms with Gasteiger partial charge in [-0.05, 0) is 12.8 Å². The number of carbonyl (C=O) groups is 1. The molecule has 0 saturated carbocycles. The van der Waals surface area contributed by atoms with Gasteiger partial charge in [-0.15, -0.1) is 12.4 Å². The summed E-state index contributed by atoms with van der Waals surface area (Å²) in [6, 6.07) is 0.214. The first-order valence-corrected chi connectivity index (χ1v) is 5.21. The summed E-state index contributed by atoms with van der Waals surface area (Å²) in [5.74, 6) is 0.447. The van der Waals surface area contributed by atoms with Crippen molar-refractivity contribution in [2.75, 3.05) is 19.7 Å². The molecule has 1 atom stereocenters. The summed E-state index contributed by atoms with van der Waals surface area (Å²) in [6.07, 6.45) is 0.232. The van der Waals surface area contributed by atoms with Crippen LogP contribution in [0.15, 0.2) is 0 Å². The van der Waals surface area contributed by atoms with Gasteiger partial charge >= 0.3 is 0 Å². The van der Waals surface area contributed by atoms with Gasteiger partial charge in [-0.2, -0.15) is 0 Å². The summed E-state index contributed by atoms with van der Waals surface area (Å²) in [5.41, 5.74) is 0. The summed E-state index contributed by atoms with van der Waals surface area (Å²) in [5, 5.41) is 5.99. The molecule has 1 fully saturated rings. The van der Waals surface area contributed by atoms with Crippen LogP contribution in [0.5, 0.6) is 0 Å². The van der Waals surface area contributed by atoms with Crippen molar-refractivity contribution < 1.29 is 9.53 Å². The summed E-state index contributed by atoms with van der Waals surface area (Å²) in [7, 11) is 0. The molecule has 1 amide bonds. The zero-order chi connectivity index (χ0) is 10.6. The molecule has 90 valence electrons. The van der Waals surface area contributed by atoms with Crippen molar-refractivity contribution >= 4 is 18.3 Å². The minimum atomic E-state index is -0.0156. The number of amides is 1. The summed E-state index contributed by atoms with van der Waals surface area (Å²) in [4.78, 5) is 11.3. The third-order valence-corrected chi connectivity index (χ3v) is 2.58. The quantitative estimate of drug-likeness (QED) is 0.734. The van der Waals surface area contributed by atoms with Gasteiger partial charge in [-0.1, -0.05) is 13.8 Å². The highest BCUT2D eigenvalue weighted by atomic mass is 35.5. The molecule has 1 aliphatic rings. The SMILES string of the molecule is CC(C)C(C)NC(=O)COC1CNC1.Cl. The number of carbonyl (C=O) groups excluding carboxylic acids is 1. The molecule has 1 saturated heterocycles. The minimum absolute atomic E-state index is 0. The summed E-state index contributed by atoms with van der Waals surface area (Å²) < 4.78 is 5.35. The van der Waals surface area contributed by atoms with Crippen molar-refractivity contribution in [2.45, 2.75) is 32.9 Å². The van der Waals surface area contributed by atoms with Gasteiger partial charge < -0.3 is 15.4 Å². The number of nitrogens with one attached hydrogen (secondary N) is 2. The summed E-state index contributed by atoms with van der Waals surface area (Å²) in [6.45, 7) is 8.10. The molecular formula is C10H21ClN2O2. The van der Waals surface area contributed by atoms with Crippen LogP contribution >= 0.6 is 12.4 Å². The van der Waals surface area contributed by atoms with Gasteiger partial charge in [0.2, 0.25) is 5.91 Å². The van der Waals surface area contributed by atoms with Crippen LogP contribution in [0.3, 0.4) is 0 Å². The Morgan fingerprint density at radius 1 is 1.47 bits per heavy atom. The smallest absolute Gasteiger partial charge is 0.246 e.